The number of carbonyl (C=O) groups excluding carboxylic acids is 1. The van der Waals surface area contributed by atoms with E-state index >= 15 is 0 Å². The molecule has 0 aliphatic heterocycles. The first kappa shape index (κ1) is 18.2. The van der Waals surface area contributed by atoms with Crippen LogP contribution in [0.15, 0.2) is 64.9 Å². The fraction of sp³-hybridized carbons (Fsp3) is 0.0625. The number of non-ortho nitro benzene ring substituents is 1. The van der Waals surface area contributed by atoms with Gasteiger partial charge in [-0.2, -0.15) is 9.78 Å². The number of nitrogens with one attached hydrogen (secondary N) is 1. The maximum absolute atomic E-state index is 11.9. The topological polar surface area (TPSA) is 128 Å². The number of hydrogen-bond donors (Lipinski definition) is 1. The van der Waals surface area contributed by atoms with Crippen molar-refractivity contribution < 1.29 is 9.72 Å². The Morgan fingerprint density at radius 1 is 1.26 bits per heavy atom. The van der Waals surface area contributed by atoms with E-state index in [2.05, 4.69) is 26.1 Å². The largest absolute Gasteiger partial charge is 0.272 e. The van der Waals surface area contributed by atoms with Crippen LogP contribution in [-0.4, -0.2) is 43.0 Å². The van der Waals surface area contributed by atoms with Crippen LogP contribution in [0.3, 0.4) is 0 Å². The van der Waals surface area contributed by atoms with Gasteiger partial charge in [0.15, 0.2) is 0 Å². The van der Waals surface area contributed by atoms with E-state index in [1.54, 1.807) is 12.1 Å². The zero-order valence-corrected chi connectivity index (χ0v) is 14.6. The summed E-state index contributed by atoms with van der Waals surface area (Å²) in [6.07, 6.45) is 1.34. The summed E-state index contributed by atoms with van der Waals surface area (Å²) in [6, 6.07) is 15.2. The van der Waals surface area contributed by atoms with Gasteiger partial charge < -0.3 is 0 Å². The maximum Gasteiger partial charge on any atom is 0.270 e. The van der Waals surface area contributed by atoms with Crippen molar-refractivity contribution in [3.63, 3.8) is 0 Å². The third kappa shape index (κ3) is 4.95. The first-order chi connectivity index (χ1) is 13.1. The summed E-state index contributed by atoms with van der Waals surface area (Å²) in [6.45, 7) is 0. The minimum atomic E-state index is -0.497. The summed E-state index contributed by atoms with van der Waals surface area (Å²) in [5.41, 5.74) is 3.61. The van der Waals surface area contributed by atoms with Crippen molar-refractivity contribution in [2.45, 2.75) is 5.16 Å². The first-order valence-electron chi connectivity index (χ1n) is 7.66. The summed E-state index contributed by atoms with van der Waals surface area (Å²) >= 11 is 1.16. The molecule has 0 saturated heterocycles. The molecule has 3 aromatic rings. The van der Waals surface area contributed by atoms with Crippen LogP contribution >= 0.6 is 11.8 Å². The zero-order chi connectivity index (χ0) is 19.1. The SMILES string of the molecule is O=C(CSc1nnnn1-c1ccccc1)NN=Cc1cccc([N+](=O)[O-])c1. The van der Waals surface area contributed by atoms with E-state index in [1.807, 2.05) is 30.3 Å². The molecule has 3 rings (SSSR count). The molecule has 10 nitrogen and oxygen atoms in total. The molecule has 0 radical (unpaired) electrons. The Hall–Kier alpha value is -3.60. The number of thioether (sulfide) groups is 1. The number of aromatic nitrogens is 4. The molecule has 1 amide bonds. The highest BCUT2D eigenvalue weighted by Crippen LogP contribution is 2.17. The minimum absolute atomic E-state index is 0.0476. The average molecular weight is 383 g/mol. The number of hydrazone groups is 1. The predicted molar refractivity (Wildman–Crippen MR) is 98.7 cm³/mol. The van der Waals surface area contributed by atoms with E-state index in [-0.39, 0.29) is 17.3 Å². The fourth-order valence-corrected chi connectivity index (χ4v) is 2.74. The van der Waals surface area contributed by atoms with Crippen molar-refractivity contribution in [2.24, 2.45) is 5.10 Å². The van der Waals surface area contributed by atoms with Gasteiger partial charge in [-0.05, 0) is 22.6 Å². The number of hydrogen-bond acceptors (Lipinski definition) is 8. The lowest BCUT2D eigenvalue weighted by Crippen LogP contribution is -2.20. The second-order valence-electron chi connectivity index (χ2n) is 5.14. The van der Waals surface area contributed by atoms with Crippen molar-refractivity contribution in [1.29, 1.82) is 0 Å². The highest BCUT2D eigenvalue weighted by atomic mass is 32.2. The molecule has 0 fully saturated rings. The number of benzene rings is 2. The second-order valence-corrected chi connectivity index (χ2v) is 6.09. The van der Waals surface area contributed by atoms with E-state index in [9.17, 15) is 14.9 Å². The highest BCUT2D eigenvalue weighted by molar-refractivity contribution is 7.99. The van der Waals surface area contributed by atoms with Gasteiger partial charge in [-0.15, -0.1) is 5.10 Å². The second kappa shape index (κ2) is 8.67. The summed E-state index contributed by atoms with van der Waals surface area (Å²) in [4.78, 5) is 22.2. The number of rotatable bonds is 7. The molecule has 0 saturated carbocycles. The molecule has 0 atom stereocenters. The molecule has 27 heavy (non-hydrogen) atoms. The van der Waals surface area contributed by atoms with Crippen LogP contribution in [0.5, 0.6) is 0 Å². The third-order valence-corrected chi connectivity index (χ3v) is 4.18. The molecule has 0 unspecified atom stereocenters. The van der Waals surface area contributed by atoms with Crippen molar-refractivity contribution in [2.75, 3.05) is 5.75 Å². The molecular formula is C16H13N7O3S. The van der Waals surface area contributed by atoms with Crippen molar-refractivity contribution in [1.82, 2.24) is 25.6 Å². The molecule has 1 heterocycles. The van der Waals surface area contributed by atoms with E-state index in [4.69, 9.17) is 0 Å². The van der Waals surface area contributed by atoms with Gasteiger partial charge >= 0.3 is 0 Å². The van der Waals surface area contributed by atoms with Crippen LogP contribution in [0, 0.1) is 10.1 Å². The van der Waals surface area contributed by atoms with Crippen LogP contribution < -0.4 is 5.43 Å². The minimum Gasteiger partial charge on any atom is -0.272 e. The Balaban J connectivity index is 1.55. The fourth-order valence-electron chi connectivity index (χ4n) is 2.06. The van der Waals surface area contributed by atoms with Crippen LogP contribution in [-0.2, 0) is 4.79 Å². The molecule has 0 aliphatic rings. The molecule has 0 bridgehead atoms. The number of nitro groups is 1. The van der Waals surface area contributed by atoms with E-state index in [1.165, 1.54) is 23.0 Å². The lowest BCUT2D eigenvalue weighted by atomic mass is 10.2. The van der Waals surface area contributed by atoms with Gasteiger partial charge in [-0.3, -0.25) is 14.9 Å². The van der Waals surface area contributed by atoms with Crippen molar-refractivity contribution >= 4 is 29.6 Å². The van der Waals surface area contributed by atoms with Gasteiger partial charge in [0.25, 0.3) is 11.6 Å². The number of para-hydroxylation sites is 1. The van der Waals surface area contributed by atoms with Gasteiger partial charge in [-0.1, -0.05) is 42.1 Å². The molecule has 0 spiro atoms. The number of nitro benzene ring substituents is 1. The molecule has 1 N–H and O–H groups in total. The van der Waals surface area contributed by atoms with Gasteiger partial charge in [-0.25, -0.2) is 5.43 Å². The standard InChI is InChI=1S/C16H13N7O3S/c24-15(18-17-10-12-5-4-8-14(9-12)23(25)26)11-27-16-19-20-21-22(16)13-6-2-1-3-7-13/h1-10H,11H2,(H,18,24). The molecule has 0 aliphatic carbocycles. The van der Waals surface area contributed by atoms with Crippen molar-refractivity contribution in [3.05, 3.63) is 70.3 Å². The Bertz CT molecular complexity index is 975. The van der Waals surface area contributed by atoms with E-state index in [0.717, 1.165) is 17.4 Å². The van der Waals surface area contributed by atoms with E-state index in [0.29, 0.717) is 10.7 Å². The summed E-state index contributed by atoms with van der Waals surface area (Å²) in [7, 11) is 0. The number of carbonyl (C=O) groups is 1. The number of tetrazole rings is 1. The van der Waals surface area contributed by atoms with Gasteiger partial charge in [0.1, 0.15) is 0 Å². The van der Waals surface area contributed by atoms with Crippen LogP contribution in [0.1, 0.15) is 5.56 Å². The maximum atomic E-state index is 11.9. The Morgan fingerprint density at radius 3 is 2.85 bits per heavy atom. The summed E-state index contributed by atoms with van der Waals surface area (Å²) in [5, 5.41) is 26.4. The van der Waals surface area contributed by atoms with Crippen LogP contribution in [0.4, 0.5) is 5.69 Å². The Labute approximate surface area is 157 Å². The normalized spacial score (nSPS) is 10.8. The molecule has 2 aromatic carbocycles. The molecule has 1 aromatic heterocycles. The van der Waals surface area contributed by atoms with Crippen LogP contribution in [0.25, 0.3) is 5.69 Å². The molecule has 136 valence electrons. The number of amides is 1. The lowest BCUT2D eigenvalue weighted by molar-refractivity contribution is -0.384. The molecular weight excluding hydrogens is 370 g/mol. The van der Waals surface area contributed by atoms with Gasteiger partial charge in [0.05, 0.1) is 22.6 Å². The summed E-state index contributed by atoms with van der Waals surface area (Å²) in [5.74, 6) is -0.302. The van der Waals surface area contributed by atoms with E-state index < -0.39 is 4.92 Å². The smallest absolute Gasteiger partial charge is 0.270 e. The Kier molecular flexibility index (Phi) is 5.84. The first-order valence-corrected chi connectivity index (χ1v) is 8.65. The summed E-state index contributed by atoms with van der Waals surface area (Å²) < 4.78 is 1.53. The Morgan fingerprint density at radius 2 is 2.07 bits per heavy atom. The zero-order valence-electron chi connectivity index (χ0n) is 13.8. The van der Waals surface area contributed by atoms with Gasteiger partial charge in [0.2, 0.25) is 5.16 Å². The average Bonchev–Trinajstić information content (AvgIpc) is 3.16. The number of nitrogens with zero attached hydrogens (tertiary/aromatic N) is 6. The predicted octanol–water partition coefficient (Wildman–Crippen LogP) is 1.81. The van der Waals surface area contributed by atoms with Crippen molar-refractivity contribution in [3.8, 4) is 5.69 Å². The quantitative estimate of drug-likeness (QED) is 0.285. The lowest BCUT2D eigenvalue weighted by Gasteiger charge is -2.03. The monoisotopic (exact) mass is 383 g/mol. The third-order valence-electron chi connectivity index (χ3n) is 3.26. The molecule has 11 heteroatoms. The van der Waals surface area contributed by atoms with Gasteiger partial charge in [0, 0.05) is 17.7 Å². The van der Waals surface area contributed by atoms with Crippen LogP contribution in [0.2, 0.25) is 0 Å². The highest BCUT2D eigenvalue weighted by Gasteiger charge is 2.11.